The molecule has 1 N–H and O–H groups in total. The first-order chi connectivity index (χ1) is 10.3. The maximum absolute atomic E-state index is 13.3. The average Bonchev–Trinajstić information content (AvgIpc) is 2.91. The molecule has 5 heteroatoms. The SMILES string of the molecule is CCCNC(c1ccncn1)c1cc2cc(F)ccc2o1. The van der Waals surface area contributed by atoms with Crippen molar-refractivity contribution in [2.24, 2.45) is 0 Å². The minimum absolute atomic E-state index is 0.164. The lowest BCUT2D eigenvalue weighted by molar-refractivity contribution is 0.463. The molecule has 0 aliphatic carbocycles. The summed E-state index contributed by atoms with van der Waals surface area (Å²) in [6.07, 6.45) is 4.21. The molecule has 0 bridgehead atoms. The Labute approximate surface area is 122 Å². The first-order valence-electron chi connectivity index (χ1n) is 6.96. The van der Waals surface area contributed by atoms with Crippen LogP contribution in [0.25, 0.3) is 11.0 Å². The van der Waals surface area contributed by atoms with E-state index in [2.05, 4.69) is 22.2 Å². The topological polar surface area (TPSA) is 51.0 Å². The van der Waals surface area contributed by atoms with Crippen molar-refractivity contribution in [3.8, 4) is 0 Å². The van der Waals surface area contributed by atoms with Gasteiger partial charge in [0.15, 0.2) is 0 Å². The number of halogens is 1. The van der Waals surface area contributed by atoms with Gasteiger partial charge in [0.25, 0.3) is 0 Å². The highest BCUT2D eigenvalue weighted by atomic mass is 19.1. The van der Waals surface area contributed by atoms with Crippen LogP contribution in [0.15, 0.2) is 47.3 Å². The van der Waals surface area contributed by atoms with Crippen LogP contribution in [-0.2, 0) is 0 Å². The maximum atomic E-state index is 13.3. The normalized spacial score (nSPS) is 12.7. The minimum atomic E-state index is -0.269. The second-order valence-corrected chi connectivity index (χ2v) is 4.85. The van der Waals surface area contributed by atoms with E-state index >= 15 is 0 Å². The van der Waals surface area contributed by atoms with Gasteiger partial charge in [-0.1, -0.05) is 6.92 Å². The lowest BCUT2D eigenvalue weighted by atomic mass is 10.1. The molecule has 1 atom stereocenters. The van der Waals surface area contributed by atoms with Crippen molar-refractivity contribution >= 4 is 11.0 Å². The molecule has 0 aliphatic rings. The molecule has 0 radical (unpaired) electrons. The first-order valence-corrected chi connectivity index (χ1v) is 6.96. The summed E-state index contributed by atoms with van der Waals surface area (Å²) in [5, 5.41) is 4.15. The van der Waals surface area contributed by atoms with Gasteiger partial charge in [-0.15, -0.1) is 0 Å². The summed E-state index contributed by atoms with van der Waals surface area (Å²) in [4.78, 5) is 8.23. The summed E-state index contributed by atoms with van der Waals surface area (Å²) >= 11 is 0. The van der Waals surface area contributed by atoms with Gasteiger partial charge in [-0.25, -0.2) is 14.4 Å². The van der Waals surface area contributed by atoms with Crippen LogP contribution < -0.4 is 5.32 Å². The van der Waals surface area contributed by atoms with Crippen LogP contribution in [0.1, 0.15) is 30.8 Å². The zero-order valence-electron chi connectivity index (χ0n) is 11.7. The average molecular weight is 285 g/mol. The lowest BCUT2D eigenvalue weighted by Gasteiger charge is -2.15. The van der Waals surface area contributed by atoms with Crippen molar-refractivity contribution in [1.29, 1.82) is 0 Å². The Hall–Kier alpha value is -2.27. The number of furan rings is 1. The van der Waals surface area contributed by atoms with E-state index < -0.39 is 0 Å². The van der Waals surface area contributed by atoms with Gasteiger partial charge < -0.3 is 9.73 Å². The molecule has 2 aromatic heterocycles. The van der Waals surface area contributed by atoms with Crippen LogP contribution in [0.3, 0.4) is 0 Å². The molecule has 108 valence electrons. The maximum Gasteiger partial charge on any atom is 0.134 e. The van der Waals surface area contributed by atoms with E-state index in [0.29, 0.717) is 5.58 Å². The first kappa shape index (κ1) is 13.7. The Morgan fingerprint density at radius 3 is 2.95 bits per heavy atom. The van der Waals surface area contributed by atoms with Gasteiger partial charge in [0.2, 0.25) is 0 Å². The number of fused-ring (bicyclic) bond motifs is 1. The second kappa shape index (κ2) is 6.01. The molecule has 0 saturated carbocycles. The Bertz CT molecular complexity index is 727. The third-order valence-electron chi connectivity index (χ3n) is 3.28. The van der Waals surface area contributed by atoms with Crippen molar-refractivity contribution in [2.45, 2.75) is 19.4 Å². The fraction of sp³-hybridized carbons (Fsp3) is 0.250. The molecule has 4 nitrogen and oxygen atoms in total. The number of benzene rings is 1. The van der Waals surface area contributed by atoms with E-state index in [1.165, 1.54) is 18.5 Å². The predicted octanol–water partition coefficient (Wildman–Crippen LogP) is 3.45. The number of hydrogen-bond donors (Lipinski definition) is 1. The molecular formula is C16H16FN3O. The Balaban J connectivity index is 2.01. The van der Waals surface area contributed by atoms with Gasteiger partial charge >= 0.3 is 0 Å². The van der Waals surface area contributed by atoms with Crippen LogP contribution in [0, 0.1) is 5.82 Å². The number of nitrogens with zero attached hydrogens (tertiary/aromatic N) is 2. The number of hydrogen-bond acceptors (Lipinski definition) is 4. The molecule has 0 aliphatic heterocycles. The molecule has 21 heavy (non-hydrogen) atoms. The Morgan fingerprint density at radius 1 is 1.29 bits per heavy atom. The third kappa shape index (κ3) is 2.92. The van der Waals surface area contributed by atoms with Gasteiger partial charge in [0.1, 0.15) is 29.5 Å². The molecule has 3 aromatic rings. The van der Waals surface area contributed by atoms with Crippen LogP contribution in [0.4, 0.5) is 4.39 Å². The molecule has 0 amide bonds. The van der Waals surface area contributed by atoms with Crippen molar-refractivity contribution in [1.82, 2.24) is 15.3 Å². The second-order valence-electron chi connectivity index (χ2n) is 4.85. The quantitative estimate of drug-likeness (QED) is 0.780. The molecule has 0 fully saturated rings. The van der Waals surface area contributed by atoms with Gasteiger partial charge in [-0.3, -0.25) is 0 Å². The Kier molecular flexibility index (Phi) is 3.92. The van der Waals surface area contributed by atoms with E-state index in [1.54, 1.807) is 12.3 Å². The molecule has 0 spiro atoms. The Morgan fingerprint density at radius 2 is 2.19 bits per heavy atom. The van der Waals surface area contributed by atoms with E-state index in [9.17, 15) is 4.39 Å². The summed E-state index contributed by atoms with van der Waals surface area (Å²) in [6, 6.07) is 8.05. The summed E-state index contributed by atoms with van der Waals surface area (Å²) in [7, 11) is 0. The molecule has 0 saturated heterocycles. The van der Waals surface area contributed by atoms with E-state index in [4.69, 9.17) is 4.42 Å². The largest absolute Gasteiger partial charge is 0.459 e. The smallest absolute Gasteiger partial charge is 0.134 e. The number of nitrogens with one attached hydrogen (secondary N) is 1. The lowest BCUT2D eigenvalue weighted by Crippen LogP contribution is -2.23. The monoisotopic (exact) mass is 285 g/mol. The van der Waals surface area contributed by atoms with Crippen molar-refractivity contribution in [2.75, 3.05) is 6.54 Å². The fourth-order valence-corrected chi connectivity index (χ4v) is 2.29. The molecule has 1 unspecified atom stereocenters. The summed E-state index contributed by atoms with van der Waals surface area (Å²) in [5.74, 6) is 0.456. The highest BCUT2D eigenvalue weighted by molar-refractivity contribution is 5.78. The van der Waals surface area contributed by atoms with Gasteiger partial charge in [0, 0.05) is 11.6 Å². The van der Waals surface area contributed by atoms with E-state index in [-0.39, 0.29) is 11.9 Å². The zero-order valence-corrected chi connectivity index (χ0v) is 11.7. The summed E-state index contributed by atoms with van der Waals surface area (Å²) < 4.78 is 19.1. The van der Waals surface area contributed by atoms with Crippen LogP contribution in [0.2, 0.25) is 0 Å². The van der Waals surface area contributed by atoms with Gasteiger partial charge in [0.05, 0.1) is 5.69 Å². The summed E-state index contributed by atoms with van der Waals surface area (Å²) in [5.41, 5.74) is 1.50. The molecular weight excluding hydrogens is 269 g/mol. The predicted molar refractivity (Wildman–Crippen MR) is 78.3 cm³/mol. The van der Waals surface area contributed by atoms with Gasteiger partial charge in [-0.05, 0) is 43.3 Å². The van der Waals surface area contributed by atoms with Crippen LogP contribution in [-0.4, -0.2) is 16.5 Å². The highest BCUT2D eigenvalue weighted by Crippen LogP contribution is 2.27. The van der Waals surface area contributed by atoms with Crippen molar-refractivity contribution < 1.29 is 8.81 Å². The third-order valence-corrected chi connectivity index (χ3v) is 3.28. The number of aromatic nitrogens is 2. The molecule has 3 rings (SSSR count). The van der Waals surface area contributed by atoms with Crippen molar-refractivity contribution in [3.05, 3.63) is 60.1 Å². The molecule has 2 heterocycles. The summed E-state index contributed by atoms with van der Waals surface area (Å²) in [6.45, 7) is 2.93. The van der Waals surface area contributed by atoms with E-state index in [0.717, 1.165) is 29.8 Å². The molecule has 1 aromatic carbocycles. The number of rotatable bonds is 5. The van der Waals surface area contributed by atoms with Crippen molar-refractivity contribution in [3.63, 3.8) is 0 Å². The standard InChI is InChI=1S/C16H16FN3O/c1-2-6-19-16(13-5-7-18-10-20-13)15-9-11-8-12(17)3-4-14(11)21-15/h3-5,7-10,16,19H,2,6H2,1H3. The van der Waals surface area contributed by atoms with Gasteiger partial charge in [-0.2, -0.15) is 0 Å². The zero-order chi connectivity index (χ0) is 14.7. The van der Waals surface area contributed by atoms with E-state index in [1.807, 2.05) is 12.1 Å². The minimum Gasteiger partial charge on any atom is -0.459 e. The van der Waals surface area contributed by atoms with Crippen LogP contribution >= 0.6 is 0 Å². The fourth-order valence-electron chi connectivity index (χ4n) is 2.29. The van der Waals surface area contributed by atoms with Crippen LogP contribution in [0.5, 0.6) is 0 Å². The highest BCUT2D eigenvalue weighted by Gasteiger charge is 2.19.